The summed E-state index contributed by atoms with van der Waals surface area (Å²) in [5.41, 5.74) is 5.12. The van der Waals surface area contributed by atoms with Crippen molar-refractivity contribution in [3.05, 3.63) is 101 Å². The van der Waals surface area contributed by atoms with Crippen molar-refractivity contribution >= 4 is 22.7 Å². The second kappa shape index (κ2) is 10.1. The lowest BCUT2D eigenvalue weighted by molar-refractivity contribution is 0.201. The highest BCUT2D eigenvalue weighted by Crippen LogP contribution is 2.35. The monoisotopic (exact) mass is 396 g/mol. The van der Waals surface area contributed by atoms with Gasteiger partial charge in [0.1, 0.15) is 18.2 Å². The third-order valence-electron chi connectivity index (χ3n) is 4.40. The van der Waals surface area contributed by atoms with E-state index in [1.165, 1.54) is 12.1 Å². The average molecular weight is 397 g/mol. The predicted octanol–water partition coefficient (Wildman–Crippen LogP) is 5.78. The molecule has 0 saturated heterocycles. The fourth-order valence-corrected chi connectivity index (χ4v) is 3.35. The molecule has 28 heavy (non-hydrogen) atoms. The van der Waals surface area contributed by atoms with E-state index in [-0.39, 0.29) is 19.0 Å². The van der Waals surface area contributed by atoms with E-state index in [0.717, 1.165) is 27.8 Å². The van der Waals surface area contributed by atoms with Gasteiger partial charge < -0.3 is 9.84 Å². The van der Waals surface area contributed by atoms with E-state index in [9.17, 15) is 4.39 Å². The first kappa shape index (κ1) is 20.1. The van der Waals surface area contributed by atoms with E-state index in [4.69, 9.17) is 21.4 Å². The molecule has 0 aliphatic carbocycles. The molecule has 3 aromatic rings. The molecule has 0 fully saturated rings. The highest BCUT2D eigenvalue weighted by atomic mass is 35.5. The quantitative estimate of drug-likeness (QED) is 0.386. The number of hydrogen-bond acceptors (Lipinski definition) is 2. The van der Waals surface area contributed by atoms with Gasteiger partial charge >= 0.3 is 0 Å². The van der Waals surface area contributed by atoms with E-state index < -0.39 is 0 Å². The summed E-state index contributed by atoms with van der Waals surface area (Å²) in [7, 11) is 0. The van der Waals surface area contributed by atoms with E-state index in [0.29, 0.717) is 18.1 Å². The lowest BCUT2D eigenvalue weighted by Gasteiger charge is -2.17. The van der Waals surface area contributed by atoms with Gasteiger partial charge in [-0.15, -0.1) is 11.6 Å². The van der Waals surface area contributed by atoms with Crippen LogP contribution in [0.2, 0.25) is 0 Å². The number of alkyl halides is 1. The van der Waals surface area contributed by atoms with Crippen molar-refractivity contribution in [3.63, 3.8) is 0 Å². The molecule has 0 bridgehead atoms. The van der Waals surface area contributed by atoms with Gasteiger partial charge in [-0.2, -0.15) is 0 Å². The van der Waals surface area contributed by atoms with Crippen LogP contribution in [0.5, 0.6) is 5.75 Å². The molecule has 0 aliphatic rings. The van der Waals surface area contributed by atoms with Gasteiger partial charge in [0, 0.05) is 5.88 Å². The van der Waals surface area contributed by atoms with Crippen LogP contribution in [0, 0.1) is 5.82 Å². The molecule has 0 aliphatic heterocycles. The lowest BCUT2D eigenvalue weighted by Crippen LogP contribution is -2.02. The maximum atomic E-state index is 13.5. The molecule has 2 nitrogen and oxygen atoms in total. The highest BCUT2D eigenvalue weighted by molar-refractivity contribution is 6.18. The first-order valence-electron chi connectivity index (χ1n) is 9.17. The van der Waals surface area contributed by atoms with Crippen molar-refractivity contribution in [2.45, 2.75) is 6.42 Å². The SMILES string of the molecule is OCCOc1ccc(/C(=C(\CCCl)c2ccccc2)c2ccc(F)cc2)cc1. The van der Waals surface area contributed by atoms with E-state index in [2.05, 4.69) is 12.1 Å². The molecular formula is C24H22ClFO2. The Morgan fingerprint density at radius 1 is 0.821 bits per heavy atom. The molecule has 0 radical (unpaired) electrons. The van der Waals surface area contributed by atoms with Gasteiger partial charge in [-0.1, -0.05) is 54.6 Å². The van der Waals surface area contributed by atoms with Crippen LogP contribution in [0.25, 0.3) is 11.1 Å². The fraction of sp³-hybridized carbons (Fsp3) is 0.167. The van der Waals surface area contributed by atoms with Crippen molar-refractivity contribution in [2.24, 2.45) is 0 Å². The van der Waals surface area contributed by atoms with Gasteiger partial charge in [0.2, 0.25) is 0 Å². The molecule has 0 amide bonds. The maximum Gasteiger partial charge on any atom is 0.123 e. The number of hydrogen-bond donors (Lipinski definition) is 1. The number of allylic oxidation sites excluding steroid dienone is 1. The molecule has 0 atom stereocenters. The first-order valence-corrected chi connectivity index (χ1v) is 9.71. The Labute approximate surface area is 169 Å². The Morgan fingerprint density at radius 3 is 2.00 bits per heavy atom. The summed E-state index contributed by atoms with van der Waals surface area (Å²) in [6, 6.07) is 24.3. The van der Waals surface area contributed by atoms with Gasteiger partial charge in [0.15, 0.2) is 0 Å². The normalized spacial score (nSPS) is 11.8. The fourth-order valence-electron chi connectivity index (χ4n) is 3.16. The van der Waals surface area contributed by atoms with Gasteiger partial charge in [0.25, 0.3) is 0 Å². The van der Waals surface area contributed by atoms with Crippen molar-refractivity contribution in [3.8, 4) is 5.75 Å². The van der Waals surface area contributed by atoms with Crippen molar-refractivity contribution in [1.82, 2.24) is 0 Å². The molecule has 0 heterocycles. The number of aliphatic hydroxyl groups is 1. The van der Waals surface area contributed by atoms with Crippen LogP contribution in [-0.4, -0.2) is 24.2 Å². The Kier molecular flexibility index (Phi) is 7.24. The van der Waals surface area contributed by atoms with Crippen LogP contribution in [0.15, 0.2) is 78.9 Å². The summed E-state index contributed by atoms with van der Waals surface area (Å²) in [6.45, 7) is 0.220. The van der Waals surface area contributed by atoms with Crippen LogP contribution in [-0.2, 0) is 0 Å². The zero-order valence-electron chi connectivity index (χ0n) is 15.4. The molecule has 4 heteroatoms. The molecular weight excluding hydrogens is 375 g/mol. The molecule has 3 aromatic carbocycles. The van der Waals surface area contributed by atoms with Gasteiger partial charge in [-0.3, -0.25) is 0 Å². The molecule has 3 rings (SSSR count). The maximum absolute atomic E-state index is 13.5. The number of aliphatic hydroxyl groups excluding tert-OH is 1. The molecule has 144 valence electrons. The number of halogens is 2. The van der Waals surface area contributed by atoms with Crippen molar-refractivity contribution < 1.29 is 14.2 Å². The van der Waals surface area contributed by atoms with Gasteiger partial charge in [0.05, 0.1) is 6.61 Å². The summed E-state index contributed by atoms with van der Waals surface area (Å²) < 4.78 is 19.0. The standard InChI is InChI=1S/C24H22ClFO2/c25-15-14-23(18-4-2-1-3-5-18)24(19-6-10-21(26)11-7-19)20-8-12-22(13-9-20)28-17-16-27/h1-13,27H,14-17H2/b24-23+. The molecule has 0 unspecified atom stereocenters. The predicted molar refractivity (Wildman–Crippen MR) is 113 cm³/mol. The van der Waals surface area contributed by atoms with Crippen LogP contribution in [0.1, 0.15) is 23.1 Å². The minimum atomic E-state index is -0.269. The average Bonchev–Trinajstić information content (AvgIpc) is 2.74. The smallest absolute Gasteiger partial charge is 0.123 e. The van der Waals surface area contributed by atoms with Crippen LogP contribution in [0.4, 0.5) is 4.39 Å². The molecule has 0 aromatic heterocycles. The summed E-state index contributed by atoms with van der Waals surface area (Å²) >= 11 is 6.13. The molecule has 1 N–H and O–H groups in total. The third kappa shape index (κ3) is 5.00. The number of benzene rings is 3. The van der Waals surface area contributed by atoms with Crippen LogP contribution in [0.3, 0.4) is 0 Å². The Hall–Kier alpha value is -2.62. The third-order valence-corrected chi connectivity index (χ3v) is 4.59. The zero-order chi connectivity index (χ0) is 19.8. The minimum absolute atomic E-state index is 0.0314. The van der Waals surface area contributed by atoms with Crippen LogP contribution >= 0.6 is 11.6 Å². The first-order chi connectivity index (χ1) is 13.7. The molecule has 0 saturated carbocycles. The molecule has 0 spiro atoms. The Balaban J connectivity index is 2.15. The van der Waals surface area contributed by atoms with Gasteiger partial charge in [-0.05, 0) is 58.5 Å². The second-order valence-corrected chi connectivity index (χ2v) is 6.64. The summed E-state index contributed by atoms with van der Waals surface area (Å²) in [5, 5.41) is 8.92. The topological polar surface area (TPSA) is 29.5 Å². The van der Waals surface area contributed by atoms with E-state index in [1.54, 1.807) is 12.1 Å². The minimum Gasteiger partial charge on any atom is -0.491 e. The number of ether oxygens (including phenoxy) is 1. The van der Waals surface area contributed by atoms with Crippen molar-refractivity contribution in [2.75, 3.05) is 19.1 Å². The van der Waals surface area contributed by atoms with Gasteiger partial charge in [-0.25, -0.2) is 4.39 Å². The largest absolute Gasteiger partial charge is 0.491 e. The Morgan fingerprint density at radius 2 is 1.43 bits per heavy atom. The number of rotatable bonds is 8. The zero-order valence-corrected chi connectivity index (χ0v) is 16.2. The van der Waals surface area contributed by atoms with E-state index in [1.807, 2.05) is 42.5 Å². The lowest BCUT2D eigenvalue weighted by atomic mass is 9.88. The highest BCUT2D eigenvalue weighted by Gasteiger charge is 2.14. The summed E-state index contributed by atoms with van der Waals surface area (Å²) in [5.74, 6) is 0.899. The van der Waals surface area contributed by atoms with Crippen molar-refractivity contribution in [1.29, 1.82) is 0 Å². The Bertz CT molecular complexity index is 904. The summed E-state index contributed by atoms with van der Waals surface area (Å²) in [6.07, 6.45) is 0.682. The summed E-state index contributed by atoms with van der Waals surface area (Å²) in [4.78, 5) is 0. The van der Waals surface area contributed by atoms with Crippen LogP contribution < -0.4 is 4.74 Å². The second-order valence-electron chi connectivity index (χ2n) is 6.26. The van der Waals surface area contributed by atoms with E-state index >= 15 is 0 Å².